The Kier molecular flexibility index (Phi) is 1.95. The molecule has 1 heterocycles. The topological polar surface area (TPSA) is 30.0 Å². The zero-order valence-corrected chi connectivity index (χ0v) is 5.87. The number of alkyl halides is 3. The van der Waals surface area contributed by atoms with Gasteiger partial charge in [0.1, 0.15) is 5.69 Å². The number of aromatic nitrogens is 1. The third-order valence-electron chi connectivity index (χ3n) is 1.01. The van der Waals surface area contributed by atoms with Gasteiger partial charge in [0, 0.05) is 5.38 Å². The van der Waals surface area contributed by atoms with E-state index >= 15 is 0 Å². The fraction of sp³-hybridized carbons (Fsp3) is 0.200. The molecule has 0 unspecified atom stereocenters. The standard InChI is InChI=1S/C5H2F3NOS/c6-5(7,8)3-2-11-9-4(3)1-10/h1-2H. The monoisotopic (exact) mass is 181 g/mol. The number of nitrogens with zero attached hydrogens (tertiary/aromatic N) is 1. The summed E-state index contributed by atoms with van der Waals surface area (Å²) in [5, 5.41) is 0.809. The maximum absolute atomic E-state index is 11.9. The summed E-state index contributed by atoms with van der Waals surface area (Å²) >= 11 is 0.616. The number of hydrogen-bond donors (Lipinski definition) is 0. The normalized spacial score (nSPS) is 11.5. The lowest BCUT2D eigenvalue weighted by molar-refractivity contribution is -0.137. The van der Waals surface area contributed by atoms with Gasteiger partial charge < -0.3 is 0 Å². The molecule has 0 aromatic carbocycles. The van der Waals surface area contributed by atoms with Gasteiger partial charge in [0.2, 0.25) is 0 Å². The van der Waals surface area contributed by atoms with E-state index in [1.54, 1.807) is 0 Å². The molecule has 11 heavy (non-hydrogen) atoms. The number of aldehydes is 1. The number of rotatable bonds is 1. The molecule has 0 saturated heterocycles. The molecular weight excluding hydrogens is 179 g/mol. The first-order valence-electron chi connectivity index (χ1n) is 2.52. The molecule has 0 fully saturated rings. The van der Waals surface area contributed by atoms with Gasteiger partial charge in [-0.15, -0.1) is 0 Å². The molecule has 0 radical (unpaired) electrons. The Morgan fingerprint density at radius 2 is 2.18 bits per heavy atom. The zero-order chi connectivity index (χ0) is 8.48. The third kappa shape index (κ3) is 1.56. The predicted octanol–water partition coefficient (Wildman–Crippen LogP) is 1.97. The molecule has 0 saturated carbocycles. The molecule has 2 nitrogen and oxygen atoms in total. The number of halogens is 3. The van der Waals surface area contributed by atoms with Crippen LogP contribution in [0.5, 0.6) is 0 Å². The van der Waals surface area contributed by atoms with E-state index in [2.05, 4.69) is 4.37 Å². The van der Waals surface area contributed by atoms with Gasteiger partial charge in [0.15, 0.2) is 6.29 Å². The lowest BCUT2D eigenvalue weighted by Crippen LogP contribution is -2.06. The van der Waals surface area contributed by atoms with E-state index in [1.807, 2.05) is 0 Å². The highest BCUT2D eigenvalue weighted by molar-refractivity contribution is 7.03. The highest BCUT2D eigenvalue weighted by atomic mass is 32.1. The van der Waals surface area contributed by atoms with Gasteiger partial charge in [0.25, 0.3) is 0 Å². The largest absolute Gasteiger partial charge is 0.419 e. The van der Waals surface area contributed by atoms with Crippen molar-refractivity contribution in [1.82, 2.24) is 4.37 Å². The van der Waals surface area contributed by atoms with E-state index in [9.17, 15) is 18.0 Å². The summed E-state index contributed by atoms with van der Waals surface area (Å²) in [6.45, 7) is 0. The van der Waals surface area contributed by atoms with Crippen molar-refractivity contribution in [3.8, 4) is 0 Å². The summed E-state index contributed by atoms with van der Waals surface area (Å²) in [5.74, 6) is 0. The molecular formula is C5H2F3NOS. The van der Waals surface area contributed by atoms with Crippen molar-refractivity contribution in [2.75, 3.05) is 0 Å². The van der Waals surface area contributed by atoms with Crippen LogP contribution in [0, 0.1) is 0 Å². The molecule has 1 rings (SSSR count). The van der Waals surface area contributed by atoms with Crippen LogP contribution in [0.3, 0.4) is 0 Å². The van der Waals surface area contributed by atoms with Crippen LogP contribution < -0.4 is 0 Å². The second-order valence-electron chi connectivity index (χ2n) is 1.73. The molecule has 0 atom stereocenters. The maximum atomic E-state index is 11.9. The van der Waals surface area contributed by atoms with Gasteiger partial charge in [-0.1, -0.05) is 0 Å². The first-order valence-corrected chi connectivity index (χ1v) is 3.36. The Bertz CT molecular complexity index is 267. The Morgan fingerprint density at radius 3 is 2.55 bits per heavy atom. The van der Waals surface area contributed by atoms with Crippen molar-refractivity contribution in [1.29, 1.82) is 0 Å². The lowest BCUT2D eigenvalue weighted by atomic mass is 10.3. The summed E-state index contributed by atoms with van der Waals surface area (Å²) in [7, 11) is 0. The van der Waals surface area contributed by atoms with Crippen LogP contribution in [0.4, 0.5) is 13.2 Å². The number of hydrogen-bond acceptors (Lipinski definition) is 3. The minimum absolute atomic E-state index is 0.0966. The van der Waals surface area contributed by atoms with Gasteiger partial charge in [-0.25, -0.2) is 0 Å². The quantitative estimate of drug-likeness (QED) is 0.620. The molecule has 1 aromatic heterocycles. The third-order valence-corrected chi connectivity index (χ3v) is 1.66. The molecule has 0 N–H and O–H groups in total. The van der Waals surface area contributed by atoms with Gasteiger partial charge in [0.05, 0.1) is 5.56 Å². The molecule has 0 aliphatic heterocycles. The smallest absolute Gasteiger partial charge is 0.296 e. The molecule has 0 amide bonds. The minimum atomic E-state index is -4.47. The number of carbonyl (C=O) groups is 1. The molecule has 0 spiro atoms. The van der Waals surface area contributed by atoms with Crippen molar-refractivity contribution >= 4 is 17.8 Å². The van der Waals surface area contributed by atoms with Crippen molar-refractivity contribution < 1.29 is 18.0 Å². The van der Waals surface area contributed by atoms with Crippen molar-refractivity contribution in [2.24, 2.45) is 0 Å². The number of carbonyl (C=O) groups excluding carboxylic acids is 1. The van der Waals surface area contributed by atoms with Crippen molar-refractivity contribution in [3.63, 3.8) is 0 Å². The van der Waals surface area contributed by atoms with E-state index in [1.165, 1.54) is 0 Å². The van der Waals surface area contributed by atoms with Crippen molar-refractivity contribution in [3.05, 3.63) is 16.6 Å². The summed E-state index contributed by atoms with van der Waals surface area (Å²) in [6, 6.07) is 0. The van der Waals surface area contributed by atoms with Crippen LogP contribution >= 0.6 is 11.5 Å². The highest BCUT2D eigenvalue weighted by Crippen LogP contribution is 2.31. The molecule has 0 aliphatic carbocycles. The second kappa shape index (κ2) is 2.61. The first-order chi connectivity index (χ1) is 5.05. The van der Waals surface area contributed by atoms with E-state index in [0.29, 0.717) is 11.5 Å². The lowest BCUT2D eigenvalue weighted by Gasteiger charge is -2.01. The fourth-order valence-corrected chi connectivity index (χ4v) is 1.21. The summed E-state index contributed by atoms with van der Waals surface area (Å²) in [4.78, 5) is 9.98. The minimum Gasteiger partial charge on any atom is -0.296 e. The van der Waals surface area contributed by atoms with Crippen LogP contribution in [-0.2, 0) is 6.18 Å². The molecule has 0 aliphatic rings. The summed E-state index contributed by atoms with van der Waals surface area (Å²) in [6.07, 6.45) is -4.37. The predicted molar refractivity (Wildman–Crippen MR) is 32.5 cm³/mol. The van der Waals surface area contributed by atoms with Crippen molar-refractivity contribution in [2.45, 2.75) is 6.18 Å². The van der Waals surface area contributed by atoms with Crippen LogP contribution in [0.15, 0.2) is 5.38 Å². The van der Waals surface area contributed by atoms with Crippen LogP contribution in [0.1, 0.15) is 16.1 Å². The Labute approximate surface area is 63.8 Å². The van der Waals surface area contributed by atoms with E-state index in [-0.39, 0.29) is 6.29 Å². The molecule has 6 heteroatoms. The summed E-state index contributed by atoms with van der Waals surface area (Å²) < 4.78 is 38.9. The average Bonchev–Trinajstić information content (AvgIpc) is 2.31. The van der Waals surface area contributed by atoms with E-state index < -0.39 is 17.4 Å². The maximum Gasteiger partial charge on any atom is 0.419 e. The molecule has 0 bridgehead atoms. The second-order valence-corrected chi connectivity index (χ2v) is 2.36. The SMILES string of the molecule is O=Cc1nscc1C(F)(F)F. The Balaban J connectivity index is 3.12. The fourth-order valence-electron chi connectivity index (χ4n) is 0.542. The van der Waals surface area contributed by atoms with Gasteiger partial charge in [-0.05, 0) is 11.5 Å². The van der Waals surface area contributed by atoms with Gasteiger partial charge in [-0.2, -0.15) is 17.5 Å². The van der Waals surface area contributed by atoms with Crippen LogP contribution in [0.25, 0.3) is 0 Å². The Morgan fingerprint density at radius 1 is 1.55 bits per heavy atom. The zero-order valence-electron chi connectivity index (χ0n) is 5.05. The molecule has 1 aromatic rings. The summed E-state index contributed by atoms with van der Waals surface area (Å²) in [5.41, 5.74) is -1.50. The van der Waals surface area contributed by atoms with Crippen LogP contribution in [0.2, 0.25) is 0 Å². The first kappa shape index (κ1) is 8.19. The van der Waals surface area contributed by atoms with E-state index in [4.69, 9.17) is 0 Å². The van der Waals surface area contributed by atoms with Gasteiger partial charge in [-0.3, -0.25) is 4.79 Å². The Hall–Kier alpha value is -0.910. The van der Waals surface area contributed by atoms with E-state index in [0.717, 1.165) is 5.38 Å². The highest BCUT2D eigenvalue weighted by Gasteiger charge is 2.34. The average molecular weight is 181 g/mol. The van der Waals surface area contributed by atoms with Gasteiger partial charge >= 0.3 is 6.18 Å². The van der Waals surface area contributed by atoms with Crippen LogP contribution in [-0.4, -0.2) is 10.7 Å². The molecule has 60 valence electrons.